The first-order valence-electron chi connectivity index (χ1n) is 5.14. The monoisotopic (exact) mass is 188 g/mol. The summed E-state index contributed by atoms with van der Waals surface area (Å²) in [6, 6.07) is 8.33. The van der Waals surface area contributed by atoms with Gasteiger partial charge in [-0.15, -0.1) is 0 Å². The zero-order valence-corrected chi connectivity index (χ0v) is 9.67. The van der Waals surface area contributed by atoms with Gasteiger partial charge in [-0.05, 0) is 30.5 Å². The normalized spacial score (nSPS) is 10.1. The van der Waals surface area contributed by atoms with Crippen molar-refractivity contribution < 1.29 is 0 Å². The van der Waals surface area contributed by atoms with Crippen molar-refractivity contribution in [3.8, 4) is 0 Å². The van der Waals surface area contributed by atoms with Crippen LogP contribution in [0.2, 0.25) is 0 Å². The summed E-state index contributed by atoms with van der Waals surface area (Å²) in [6.45, 7) is 11.9. The molecule has 0 aliphatic rings. The number of allylic oxidation sites excluding steroid dienone is 3. The molecule has 0 saturated heterocycles. The van der Waals surface area contributed by atoms with Gasteiger partial charge in [-0.2, -0.15) is 0 Å². The lowest BCUT2D eigenvalue weighted by molar-refractivity contribution is 1.42. The number of aryl methyl sites for hydroxylation is 1. The van der Waals surface area contributed by atoms with Gasteiger partial charge in [0.05, 0.1) is 0 Å². The van der Waals surface area contributed by atoms with E-state index in [1.165, 1.54) is 16.7 Å². The molecule has 0 aliphatic carbocycles. The van der Waals surface area contributed by atoms with Crippen molar-refractivity contribution in [2.24, 2.45) is 0 Å². The minimum Gasteiger partial charge on any atom is -0.0985 e. The van der Waals surface area contributed by atoms with E-state index in [0.717, 1.165) is 0 Å². The van der Waals surface area contributed by atoms with Crippen molar-refractivity contribution in [2.75, 3.05) is 0 Å². The molecule has 0 bridgehead atoms. The van der Waals surface area contributed by atoms with E-state index in [4.69, 9.17) is 0 Å². The lowest BCUT2D eigenvalue weighted by atomic mass is 10.0. The van der Waals surface area contributed by atoms with Crippen LogP contribution in [-0.4, -0.2) is 0 Å². The first-order valence-corrected chi connectivity index (χ1v) is 5.14. The SMILES string of the molecule is C=C/C(=C/C)c1ccccc1C.CC. The molecule has 0 nitrogen and oxygen atoms in total. The van der Waals surface area contributed by atoms with Crippen LogP contribution in [0.5, 0.6) is 0 Å². The number of benzene rings is 1. The Labute approximate surface area is 88.0 Å². The largest absolute Gasteiger partial charge is 0.0985 e. The Morgan fingerprint density at radius 3 is 2.21 bits per heavy atom. The van der Waals surface area contributed by atoms with Gasteiger partial charge in [0.25, 0.3) is 0 Å². The zero-order chi connectivity index (χ0) is 11.0. The Hall–Kier alpha value is -1.30. The molecule has 0 radical (unpaired) electrons. The smallest absolute Gasteiger partial charge is 0.0158 e. The Kier molecular flexibility index (Phi) is 6.47. The van der Waals surface area contributed by atoms with Crippen molar-refractivity contribution in [3.63, 3.8) is 0 Å². The molecule has 0 heteroatoms. The standard InChI is InChI=1S/C12H14.C2H6/c1-4-11(5-2)12-9-7-6-8-10(12)3;1-2/h4-9H,1H2,2-3H3;1-2H3/b11-5-;. The molecule has 0 atom stereocenters. The topological polar surface area (TPSA) is 0 Å². The predicted octanol–water partition coefficient (Wildman–Crippen LogP) is 4.61. The molecule has 0 aromatic heterocycles. The van der Waals surface area contributed by atoms with E-state index in [9.17, 15) is 0 Å². The fourth-order valence-electron chi connectivity index (χ4n) is 1.28. The van der Waals surface area contributed by atoms with Gasteiger partial charge < -0.3 is 0 Å². The van der Waals surface area contributed by atoms with Gasteiger partial charge in [-0.3, -0.25) is 0 Å². The summed E-state index contributed by atoms with van der Waals surface area (Å²) in [6.07, 6.45) is 3.97. The van der Waals surface area contributed by atoms with Gasteiger partial charge in [0, 0.05) is 0 Å². The fourth-order valence-corrected chi connectivity index (χ4v) is 1.28. The van der Waals surface area contributed by atoms with E-state index >= 15 is 0 Å². The van der Waals surface area contributed by atoms with Crippen LogP contribution < -0.4 is 0 Å². The average Bonchev–Trinajstić information content (AvgIpc) is 2.25. The van der Waals surface area contributed by atoms with Crippen molar-refractivity contribution >= 4 is 5.57 Å². The van der Waals surface area contributed by atoms with Gasteiger partial charge in [0.1, 0.15) is 0 Å². The molecule has 1 rings (SSSR count). The highest BCUT2D eigenvalue weighted by atomic mass is 14.0. The summed E-state index contributed by atoms with van der Waals surface area (Å²) in [4.78, 5) is 0. The third kappa shape index (κ3) is 3.21. The maximum absolute atomic E-state index is 3.78. The van der Waals surface area contributed by atoms with E-state index in [2.05, 4.69) is 43.8 Å². The van der Waals surface area contributed by atoms with Gasteiger partial charge >= 0.3 is 0 Å². The summed E-state index contributed by atoms with van der Waals surface area (Å²) in [5.41, 5.74) is 3.77. The molecule has 0 fully saturated rings. The molecule has 14 heavy (non-hydrogen) atoms. The quantitative estimate of drug-likeness (QED) is 0.594. The van der Waals surface area contributed by atoms with Crippen LogP contribution in [0.25, 0.3) is 5.57 Å². The minimum absolute atomic E-state index is 1.20. The number of hydrogen-bond donors (Lipinski definition) is 0. The molecule has 0 unspecified atom stereocenters. The third-order valence-electron chi connectivity index (χ3n) is 1.99. The second kappa shape index (κ2) is 7.14. The summed E-state index contributed by atoms with van der Waals surface area (Å²) in [7, 11) is 0. The summed E-state index contributed by atoms with van der Waals surface area (Å²) >= 11 is 0. The Morgan fingerprint density at radius 1 is 1.21 bits per heavy atom. The highest BCUT2D eigenvalue weighted by Gasteiger charge is 1.97. The van der Waals surface area contributed by atoms with E-state index in [1.54, 1.807) is 0 Å². The molecule has 1 aromatic carbocycles. The van der Waals surface area contributed by atoms with E-state index in [0.29, 0.717) is 0 Å². The van der Waals surface area contributed by atoms with Crippen molar-refractivity contribution in [2.45, 2.75) is 27.7 Å². The van der Waals surface area contributed by atoms with E-state index in [-0.39, 0.29) is 0 Å². The molecule has 0 saturated carbocycles. The Bertz CT molecular complexity index is 306. The van der Waals surface area contributed by atoms with Crippen LogP contribution in [0.3, 0.4) is 0 Å². The summed E-state index contributed by atoms with van der Waals surface area (Å²) in [5.74, 6) is 0. The van der Waals surface area contributed by atoms with Gasteiger partial charge in [-0.25, -0.2) is 0 Å². The molecular formula is C14H20. The lowest BCUT2D eigenvalue weighted by Gasteiger charge is -2.04. The molecule has 0 spiro atoms. The van der Waals surface area contributed by atoms with Crippen LogP contribution in [0, 0.1) is 6.92 Å². The van der Waals surface area contributed by atoms with Gasteiger partial charge in [-0.1, -0.05) is 56.8 Å². The first-order chi connectivity index (χ1) is 6.79. The van der Waals surface area contributed by atoms with Crippen molar-refractivity contribution in [1.29, 1.82) is 0 Å². The molecule has 0 heterocycles. The number of hydrogen-bond acceptors (Lipinski definition) is 0. The molecule has 76 valence electrons. The highest BCUT2D eigenvalue weighted by molar-refractivity contribution is 5.75. The van der Waals surface area contributed by atoms with Crippen LogP contribution in [0.1, 0.15) is 31.9 Å². The second-order valence-corrected chi connectivity index (χ2v) is 2.76. The number of rotatable bonds is 2. The summed E-state index contributed by atoms with van der Waals surface area (Å²) in [5, 5.41) is 0. The Morgan fingerprint density at radius 2 is 1.79 bits per heavy atom. The lowest BCUT2D eigenvalue weighted by Crippen LogP contribution is -1.84. The molecular weight excluding hydrogens is 168 g/mol. The van der Waals surface area contributed by atoms with Gasteiger partial charge in [0.2, 0.25) is 0 Å². The van der Waals surface area contributed by atoms with E-state index < -0.39 is 0 Å². The van der Waals surface area contributed by atoms with Crippen molar-refractivity contribution in [1.82, 2.24) is 0 Å². The predicted molar refractivity (Wildman–Crippen MR) is 66.4 cm³/mol. The maximum Gasteiger partial charge on any atom is -0.0158 e. The third-order valence-corrected chi connectivity index (χ3v) is 1.99. The van der Waals surface area contributed by atoms with Crippen LogP contribution in [0.15, 0.2) is 43.0 Å². The summed E-state index contributed by atoms with van der Waals surface area (Å²) < 4.78 is 0. The first kappa shape index (κ1) is 12.7. The van der Waals surface area contributed by atoms with Crippen LogP contribution in [0.4, 0.5) is 0 Å². The maximum atomic E-state index is 3.78. The molecule has 1 aromatic rings. The molecule has 0 aliphatic heterocycles. The minimum atomic E-state index is 1.20. The van der Waals surface area contributed by atoms with Crippen LogP contribution >= 0.6 is 0 Å². The highest BCUT2D eigenvalue weighted by Crippen LogP contribution is 2.18. The Balaban J connectivity index is 0.000000791. The average molecular weight is 188 g/mol. The van der Waals surface area contributed by atoms with Gasteiger partial charge in [0.15, 0.2) is 0 Å². The zero-order valence-electron chi connectivity index (χ0n) is 9.67. The fraction of sp³-hybridized carbons (Fsp3) is 0.286. The second-order valence-electron chi connectivity index (χ2n) is 2.76. The van der Waals surface area contributed by atoms with Crippen LogP contribution in [-0.2, 0) is 0 Å². The molecule has 0 amide bonds. The van der Waals surface area contributed by atoms with Crippen molar-refractivity contribution in [3.05, 3.63) is 54.1 Å². The van der Waals surface area contributed by atoms with E-state index in [1.807, 2.05) is 26.8 Å². The molecule has 0 N–H and O–H groups in total.